The zero-order chi connectivity index (χ0) is 29.6. The van der Waals surface area contributed by atoms with E-state index in [0.717, 1.165) is 0 Å². The number of aliphatic carboxylic acids is 1. The van der Waals surface area contributed by atoms with Crippen LogP contribution < -0.4 is 21.7 Å². The summed E-state index contributed by atoms with van der Waals surface area (Å²) in [7, 11) is 0. The van der Waals surface area contributed by atoms with Crippen molar-refractivity contribution in [3.05, 3.63) is 16.9 Å². The van der Waals surface area contributed by atoms with Crippen molar-refractivity contribution in [2.75, 3.05) is 19.6 Å². The summed E-state index contributed by atoms with van der Waals surface area (Å²) in [6, 6.07) is -1.99. The maximum Gasteiger partial charge on any atom is 0.353 e. The number of nitrogens with one attached hydrogen (secondary N) is 4. The quantitative estimate of drug-likeness (QED) is 0.0837. The van der Waals surface area contributed by atoms with Crippen LogP contribution in [0.5, 0.6) is 0 Å². The second-order valence-corrected chi connectivity index (χ2v) is 12.1. The van der Waals surface area contributed by atoms with Crippen LogP contribution in [-0.2, 0) is 25.7 Å². The molecule has 0 spiro atoms. The number of amides is 3. The van der Waals surface area contributed by atoms with E-state index in [1.807, 2.05) is 6.92 Å². The van der Waals surface area contributed by atoms with E-state index in [1.54, 1.807) is 6.92 Å². The number of β-lactam (4-membered cyclic amide) rings is 1. The smallest absolute Gasteiger partial charge is 0.353 e. The molecule has 5 rings (SSSR count). The van der Waals surface area contributed by atoms with Gasteiger partial charge in [-0.1, -0.05) is 6.92 Å². The van der Waals surface area contributed by atoms with Crippen LogP contribution in [0.3, 0.4) is 0 Å². The molecule has 0 radical (unpaired) electrons. The maximum atomic E-state index is 13.2. The van der Waals surface area contributed by atoms with Crippen LogP contribution >= 0.6 is 11.8 Å². The molecule has 0 bridgehead atoms. The minimum Gasteiger partial charge on any atom is -0.477 e. The van der Waals surface area contributed by atoms with Crippen LogP contribution in [0.4, 0.5) is 0 Å². The highest BCUT2D eigenvalue weighted by molar-refractivity contribution is 8.03. The molecule has 17 nitrogen and oxygen atoms in total. The van der Waals surface area contributed by atoms with E-state index >= 15 is 0 Å². The Hall–Kier alpha value is -3.77. The van der Waals surface area contributed by atoms with Gasteiger partial charge in [-0.2, -0.15) is 0 Å². The van der Waals surface area contributed by atoms with Crippen molar-refractivity contribution >= 4 is 41.4 Å². The van der Waals surface area contributed by atoms with E-state index in [4.69, 9.17) is 11.1 Å². The summed E-state index contributed by atoms with van der Waals surface area (Å²) in [5.74, 6) is -3.26. The van der Waals surface area contributed by atoms with Crippen LogP contribution in [0, 0.1) is 17.2 Å². The lowest BCUT2D eigenvalue weighted by Crippen LogP contribution is -2.66. The molecule has 1 unspecified atom stereocenters. The van der Waals surface area contributed by atoms with Crippen molar-refractivity contribution in [3.63, 3.8) is 0 Å². The molecule has 1 aromatic rings. The summed E-state index contributed by atoms with van der Waals surface area (Å²) in [5.41, 5.74) is 5.32. The Labute approximate surface area is 238 Å². The highest BCUT2D eigenvalue weighted by atomic mass is 32.2. The molecule has 222 valence electrons. The van der Waals surface area contributed by atoms with Crippen molar-refractivity contribution in [2.45, 2.75) is 62.3 Å². The van der Waals surface area contributed by atoms with E-state index in [0.29, 0.717) is 17.9 Å². The third kappa shape index (κ3) is 5.45. The molecule has 0 aliphatic carbocycles. The Kier molecular flexibility index (Phi) is 7.89. The van der Waals surface area contributed by atoms with Crippen LogP contribution in [0.25, 0.3) is 0 Å². The van der Waals surface area contributed by atoms with Gasteiger partial charge in [0.25, 0.3) is 0 Å². The first-order valence-corrected chi connectivity index (χ1v) is 14.1. The third-order valence-electron chi connectivity index (χ3n) is 8.04. The predicted octanol–water partition coefficient (Wildman–Crippen LogP) is -3.53. The first-order valence-electron chi connectivity index (χ1n) is 13.2. The predicted molar refractivity (Wildman–Crippen MR) is 143 cm³/mol. The van der Waals surface area contributed by atoms with Gasteiger partial charge in [0.05, 0.1) is 30.1 Å². The lowest BCUT2D eigenvalue weighted by Gasteiger charge is -2.47. The van der Waals surface area contributed by atoms with Gasteiger partial charge < -0.3 is 41.7 Å². The summed E-state index contributed by atoms with van der Waals surface area (Å²) in [4.78, 5) is 54.5. The van der Waals surface area contributed by atoms with Crippen LogP contribution in [-0.4, -0.2) is 125 Å². The first-order chi connectivity index (χ1) is 19.5. The Balaban J connectivity index is 1.21. The molecule has 1 aromatic heterocycles. The van der Waals surface area contributed by atoms with Crippen molar-refractivity contribution in [1.82, 2.24) is 46.0 Å². The number of carbonyl (C=O) groups excluding carboxylic acids is 3. The Morgan fingerprint density at radius 3 is 2.76 bits per heavy atom. The van der Waals surface area contributed by atoms with Gasteiger partial charge in [0.15, 0.2) is 5.96 Å². The average Bonchev–Trinajstić information content (AvgIpc) is 3.68. The number of guanidine groups is 1. The van der Waals surface area contributed by atoms with E-state index < -0.39 is 42.2 Å². The number of hydrogen-bond acceptors (Lipinski definition) is 11. The fourth-order valence-electron chi connectivity index (χ4n) is 6.18. The van der Waals surface area contributed by atoms with Gasteiger partial charge in [-0.15, -0.1) is 16.9 Å². The highest BCUT2D eigenvalue weighted by Crippen LogP contribution is 2.51. The first kappa shape index (κ1) is 28.7. The van der Waals surface area contributed by atoms with E-state index in [2.05, 4.69) is 31.5 Å². The molecule has 3 amide bonds. The SMILES string of the molecule is CC(NC(=O)Cn1cnnn1)[C@H]1C(=O)N2C(C(=O)O)=C(S[C@@H]3CN[C@H](C(=O)N4C[C@@H](O)[C@@H](NC(=N)N)C4)C3)[C@H](C)[C@H]12. The monoisotopic (exact) mass is 591 g/mol. The summed E-state index contributed by atoms with van der Waals surface area (Å²) in [6.45, 7) is 4.28. The minimum atomic E-state index is -1.20. The molecule has 4 aliphatic heterocycles. The molecular weight excluding hydrogens is 558 g/mol. The topological polar surface area (TPSA) is 245 Å². The molecule has 3 fully saturated rings. The molecule has 0 saturated carbocycles. The summed E-state index contributed by atoms with van der Waals surface area (Å²) in [5, 5.41) is 46.8. The van der Waals surface area contributed by atoms with Gasteiger partial charge in [0, 0.05) is 41.7 Å². The summed E-state index contributed by atoms with van der Waals surface area (Å²) in [6.07, 6.45) is 0.896. The second-order valence-electron chi connectivity index (χ2n) is 10.8. The number of hydrogen-bond donors (Lipinski definition) is 7. The summed E-state index contributed by atoms with van der Waals surface area (Å²) >= 11 is 1.36. The molecule has 0 aromatic carbocycles. The van der Waals surface area contributed by atoms with E-state index in [-0.39, 0.29) is 60.2 Å². The molecule has 4 aliphatic rings. The van der Waals surface area contributed by atoms with Gasteiger partial charge in [0.2, 0.25) is 17.7 Å². The summed E-state index contributed by atoms with van der Waals surface area (Å²) < 4.78 is 1.26. The fraction of sp³-hybridized carbons (Fsp3) is 0.652. The number of tetrazole rings is 1. The largest absolute Gasteiger partial charge is 0.477 e. The Morgan fingerprint density at radius 1 is 1.34 bits per heavy atom. The zero-order valence-corrected chi connectivity index (χ0v) is 23.2. The number of thioether (sulfide) groups is 1. The molecule has 3 saturated heterocycles. The van der Waals surface area contributed by atoms with Crippen LogP contribution in [0.2, 0.25) is 0 Å². The number of nitrogens with zero attached hydrogens (tertiary/aromatic N) is 6. The van der Waals surface area contributed by atoms with Crippen molar-refractivity contribution in [3.8, 4) is 0 Å². The number of aliphatic hydroxyl groups is 1. The van der Waals surface area contributed by atoms with Gasteiger partial charge in [0.1, 0.15) is 18.6 Å². The molecule has 5 heterocycles. The lowest BCUT2D eigenvalue weighted by atomic mass is 9.78. The maximum absolute atomic E-state index is 13.2. The van der Waals surface area contributed by atoms with E-state index in [1.165, 1.54) is 32.6 Å². The molecular formula is C23H33N11O6S. The number of carboxylic acids is 1. The molecule has 8 atom stereocenters. The number of rotatable bonds is 9. The molecule has 41 heavy (non-hydrogen) atoms. The van der Waals surface area contributed by atoms with Gasteiger partial charge in [-0.05, 0) is 23.8 Å². The Morgan fingerprint density at radius 2 is 2.10 bits per heavy atom. The number of aliphatic hydroxyl groups excluding tert-OH is 1. The number of carbonyl (C=O) groups is 4. The Bertz CT molecular complexity index is 1270. The van der Waals surface area contributed by atoms with Crippen molar-refractivity contribution in [1.29, 1.82) is 5.41 Å². The second kappa shape index (κ2) is 11.2. The molecule has 8 N–H and O–H groups in total. The van der Waals surface area contributed by atoms with Gasteiger partial charge in [-0.25, -0.2) is 9.48 Å². The average molecular weight is 592 g/mol. The lowest BCUT2D eigenvalue weighted by molar-refractivity contribution is -0.158. The standard InChI is InChI=1S/C23H33N11O6S/c1-9-17-16(10(2)28-15(36)7-33-8-27-30-31-33)21(38)34(17)18(22(39)40)19(9)41-11-3-12(26-4-11)20(37)32-5-13(14(35)6-32)29-23(24)25/h8-14,16-17,26,35H,3-7H2,1-2H3,(H,28,36)(H,39,40)(H4,24,25,29)/t9-,10?,11+,12+,13+,14-,16-,17-/m1/s1. The highest BCUT2D eigenvalue weighted by Gasteiger charge is 2.60. The number of nitrogens with two attached hydrogens (primary N) is 1. The van der Waals surface area contributed by atoms with Gasteiger partial charge >= 0.3 is 5.97 Å². The van der Waals surface area contributed by atoms with Crippen LogP contribution in [0.15, 0.2) is 16.9 Å². The van der Waals surface area contributed by atoms with E-state index in [9.17, 15) is 29.4 Å². The van der Waals surface area contributed by atoms with Crippen molar-refractivity contribution < 1.29 is 29.4 Å². The third-order valence-corrected chi connectivity index (χ3v) is 9.55. The number of β-amino-alcohol motifs (C(OH)–C–C–N with tert-alkyl or cyclic N) is 1. The normalized spacial score (nSPS) is 31.6. The minimum absolute atomic E-state index is 0.0449. The van der Waals surface area contributed by atoms with Gasteiger partial charge in [-0.3, -0.25) is 19.8 Å². The number of fused-ring (bicyclic) bond motifs is 1. The fourth-order valence-corrected chi connectivity index (χ4v) is 7.65. The van der Waals surface area contributed by atoms with Crippen LogP contribution in [0.1, 0.15) is 20.3 Å². The zero-order valence-electron chi connectivity index (χ0n) is 22.4. The number of likely N-dealkylation sites (tertiary alicyclic amines) is 1. The number of aromatic nitrogens is 4. The molecule has 18 heteroatoms. The van der Waals surface area contributed by atoms with Crippen molar-refractivity contribution in [2.24, 2.45) is 17.6 Å². The number of carboxylic acid groups (broad SMARTS) is 1.